The van der Waals surface area contributed by atoms with Crippen LogP contribution in [0.15, 0.2) is 0 Å². The second-order valence-corrected chi connectivity index (χ2v) is 5.35. The average molecular weight is 170 g/mol. The van der Waals surface area contributed by atoms with Crippen molar-refractivity contribution in [3.8, 4) is 0 Å². The quantitative estimate of drug-likeness (QED) is 0.675. The van der Waals surface area contributed by atoms with Gasteiger partial charge in [-0.1, -0.05) is 27.7 Å². The summed E-state index contributed by atoms with van der Waals surface area (Å²) < 4.78 is 0. The molecule has 1 rings (SSSR count). The fourth-order valence-corrected chi connectivity index (χ4v) is 2.43. The molecule has 0 aromatic carbocycles. The zero-order valence-electron chi connectivity index (χ0n) is 8.85. The Morgan fingerprint density at radius 2 is 1.83 bits per heavy atom. The summed E-state index contributed by atoms with van der Waals surface area (Å²) >= 11 is 0. The van der Waals surface area contributed by atoms with Crippen LogP contribution in [0.3, 0.4) is 0 Å². The molecule has 72 valence electrons. The third-order valence-electron chi connectivity index (χ3n) is 4.36. The van der Waals surface area contributed by atoms with E-state index in [9.17, 15) is 0 Å². The largest absolute Gasteiger partial charge is 0.396 e. The van der Waals surface area contributed by atoms with Gasteiger partial charge in [0.1, 0.15) is 0 Å². The molecule has 0 aliphatic heterocycles. The zero-order chi connectivity index (χ0) is 9.41. The van der Waals surface area contributed by atoms with Gasteiger partial charge in [0.25, 0.3) is 0 Å². The molecule has 12 heavy (non-hydrogen) atoms. The standard InChI is InChI=1S/C11H22O/c1-10(2)7-5-9(6-8-12)11(10,3)4/h9,12H,5-8H2,1-4H3. The summed E-state index contributed by atoms with van der Waals surface area (Å²) in [6, 6.07) is 0. The predicted octanol–water partition coefficient (Wildman–Crippen LogP) is 2.83. The average Bonchev–Trinajstić information content (AvgIpc) is 2.13. The van der Waals surface area contributed by atoms with Gasteiger partial charge in [-0.15, -0.1) is 0 Å². The summed E-state index contributed by atoms with van der Waals surface area (Å²) in [5, 5.41) is 8.93. The normalized spacial score (nSPS) is 32.2. The fourth-order valence-electron chi connectivity index (χ4n) is 2.43. The smallest absolute Gasteiger partial charge is 0.0433 e. The second kappa shape index (κ2) is 3.02. The van der Waals surface area contributed by atoms with E-state index in [0.29, 0.717) is 17.4 Å². The van der Waals surface area contributed by atoms with Gasteiger partial charge >= 0.3 is 0 Å². The minimum absolute atomic E-state index is 0.351. The van der Waals surface area contributed by atoms with Gasteiger partial charge in [-0.2, -0.15) is 0 Å². The number of rotatable bonds is 2. The first kappa shape index (κ1) is 10.0. The molecule has 0 amide bonds. The minimum Gasteiger partial charge on any atom is -0.396 e. The Morgan fingerprint density at radius 3 is 2.17 bits per heavy atom. The number of hydrogen-bond donors (Lipinski definition) is 1. The van der Waals surface area contributed by atoms with E-state index >= 15 is 0 Å². The molecule has 0 radical (unpaired) electrons. The Kier molecular flexibility index (Phi) is 2.53. The van der Waals surface area contributed by atoms with E-state index in [2.05, 4.69) is 27.7 Å². The molecule has 0 bridgehead atoms. The van der Waals surface area contributed by atoms with Crippen molar-refractivity contribution in [2.75, 3.05) is 6.61 Å². The summed E-state index contributed by atoms with van der Waals surface area (Å²) in [7, 11) is 0. The lowest BCUT2D eigenvalue weighted by Crippen LogP contribution is -2.31. The van der Waals surface area contributed by atoms with Crippen LogP contribution in [0, 0.1) is 16.7 Å². The molecule has 1 N–H and O–H groups in total. The lowest BCUT2D eigenvalue weighted by molar-refractivity contribution is 0.0904. The van der Waals surface area contributed by atoms with Gasteiger partial charge in [0.15, 0.2) is 0 Å². The molecule has 1 fully saturated rings. The number of aliphatic hydroxyl groups excluding tert-OH is 1. The molecule has 0 spiro atoms. The van der Waals surface area contributed by atoms with Crippen LogP contribution in [-0.2, 0) is 0 Å². The van der Waals surface area contributed by atoms with Crippen LogP contribution < -0.4 is 0 Å². The van der Waals surface area contributed by atoms with E-state index in [1.54, 1.807) is 0 Å². The van der Waals surface area contributed by atoms with Crippen LogP contribution in [-0.4, -0.2) is 11.7 Å². The van der Waals surface area contributed by atoms with E-state index in [-0.39, 0.29) is 0 Å². The van der Waals surface area contributed by atoms with Crippen LogP contribution in [0.5, 0.6) is 0 Å². The monoisotopic (exact) mass is 170 g/mol. The van der Waals surface area contributed by atoms with Crippen molar-refractivity contribution in [1.82, 2.24) is 0 Å². The van der Waals surface area contributed by atoms with E-state index in [1.165, 1.54) is 12.8 Å². The summed E-state index contributed by atoms with van der Waals surface area (Å²) in [6.07, 6.45) is 3.58. The Labute approximate surface area is 76.2 Å². The highest BCUT2D eigenvalue weighted by molar-refractivity contribution is 4.97. The predicted molar refractivity (Wildman–Crippen MR) is 52.0 cm³/mol. The summed E-state index contributed by atoms with van der Waals surface area (Å²) in [4.78, 5) is 0. The van der Waals surface area contributed by atoms with E-state index in [1.807, 2.05) is 0 Å². The van der Waals surface area contributed by atoms with Crippen molar-refractivity contribution in [3.05, 3.63) is 0 Å². The molecule has 0 aromatic rings. The van der Waals surface area contributed by atoms with Crippen molar-refractivity contribution < 1.29 is 5.11 Å². The van der Waals surface area contributed by atoms with Gasteiger partial charge in [0.05, 0.1) is 0 Å². The molecule has 1 saturated carbocycles. The van der Waals surface area contributed by atoms with Crippen molar-refractivity contribution >= 4 is 0 Å². The second-order valence-electron chi connectivity index (χ2n) is 5.35. The summed E-state index contributed by atoms with van der Waals surface area (Å²) in [6.45, 7) is 9.75. The SMILES string of the molecule is CC1(C)CCC(CCO)C1(C)C. The van der Waals surface area contributed by atoms with E-state index in [4.69, 9.17) is 5.11 Å². The fraction of sp³-hybridized carbons (Fsp3) is 1.00. The lowest BCUT2D eigenvalue weighted by Gasteiger charge is -2.39. The Bertz CT molecular complexity index is 158. The number of hydrogen-bond acceptors (Lipinski definition) is 1. The Balaban J connectivity index is 2.71. The highest BCUT2D eigenvalue weighted by Crippen LogP contribution is 2.56. The molecule has 1 aliphatic carbocycles. The van der Waals surface area contributed by atoms with Crippen molar-refractivity contribution in [2.45, 2.75) is 47.0 Å². The van der Waals surface area contributed by atoms with Gasteiger partial charge in [-0.25, -0.2) is 0 Å². The molecule has 1 heteroatoms. The first-order chi connectivity index (χ1) is 5.42. The Morgan fingerprint density at radius 1 is 1.25 bits per heavy atom. The topological polar surface area (TPSA) is 20.2 Å². The third-order valence-corrected chi connectivity index (χ3v) is 4.36. The summed E-state index contributed by atoms with van der Waals surface area (Å²) in [5.41, 5.74) is 0.850. The molecular formula is C11H22O. The maximum absolute atomic E-state index is 8.93. The first-order valence-corrected chi connectivity index (χ1v) is 5.02. The van der Waals surface area contributed by atoms with E-state index in [0.717, 1.165) is 12.3 Å². The molecule has 0 saturated heterocycles. The molecular weight excluding hydrogens is 148 g/mol. The van der Waals surface area contributed by atoms with Gasteiger partial charge in [0, 0.05) is 6.61 Å². The zero-order valence-corrected chi connectivity index (χ0v) is 8.85. The van der Waals surface area contributed by atoms with Crippen molar-refractivity contribution in [3.63, 3.8) is 0 Å². The number of aliphatic hydroxyl groups is 1. The highest BCUT2D eigenvalue weighted by Gasteiger charge is 2.47. The lowest BCUT2D eigenvalue weighted by atomic mass is 9.66. The maximum atomic E-state index is 8.93. The van der Waals surface area contributed by atoms with Crippen molar-refractivity contribution in [1.29, 1.82) is 0 Å². The van der Waals surface area contributed by atoms with Crippen LogP contribution in [0.2, 0.25) is 0 Å². The first-order valence-electron chi connectivity index (χ1n) is 5.02. The van der Waals surface area contributed by atoms with Gasteiger partial charge < -0.3 is 5.11 Å². The van der Waals surface area contributed by atoms with Crippen LogP contribution in [0.25, 0.3) is 0 Å². The van der Waals surface area contributed by atoms with Crippen LogP contribution in [0.4, 0.5) is 0 Å². The van der Waals surface area contributed by atoms with Crippen LogP contribution in [0.1, 0.15) is 47.0 Å². The molecule has 1 nitrogen and oxygen atoms in total. The van der Waals surface area contributed by atoms with Gasteiger partial charge in [0.2, 0.25) is 0 Å². The van der Waals surface area contributed by atoms with E-state index < -0.39 is 0 Å². The van der Waals surface area contributed by atoms with Gasteiger partial charge in [-0.3, -0.25) is 0 Å². The summed E-state index contributed by atoms with van der Waals surface area (Å²) in [5.74, 6) is 0.720. The molecule has 1 aliphatic rings. The molecule has 1 unspecified atom stereocenters. The minimum atomic E-state index is 0.351. The molecule has 0 heterocycles. The third kappa shape index (κ3) is 1.39. The molecule has 0 aromatic heterocycles. The van der Waals surface area contributed by atoms with Crippen molar-refractivity contribution in [2.24, 2.45) is 16.7 Å². The maximum Gasteiger partial charge on any atom is 0.0433 e. The van der Waals surface area contributed by atoms with Gasteiger partial charge in [-0.05, 0) is 36.0 Å². The van der Waals surface area contributed by atoms with Crippen LogP contribution >= 0.6 is 0 Å². The highest BCUT2D eigenvalue weighted by atomic mass is 16.3. The Hall–Kier alpha value is -0.0400. The molecule has 1 atom stereocenters.